The molecule has 7 heteroatoms. The lowest BCUT2D eigenvalue weighted by Gasteiger charge is -2.20. The predicted octanol–water partition coefficient (Wildman–Crippen LogP) is 4.89. The summed E-state index contributed by atoms with van der Waals surface area (Å²) in [5.41, 5.74) is 0.781. The van der Waals surface area contributed by atoms with Crippen molar-refractivity contribution in [1.82, 2.24) is 0 Å². The number of methoxy groups -OCH3 is 1. The Labute approximate surface area is 150 Å². The van der Waals surface area contributed by atoms with E-state index < -0.39 is 11.7 Å². The van der Waals surface area contributed by atoms with Crippen molar-refractivity contribution in [3.05, 3.63) is 46.9 Å². The van der Waals surface area contributed by atoms with Gasteiger partial charge >= 0.3 is 6.18 Å². The van der Waals surface area contributed by atoms with Crippen LogP contribution in [0.1, 0.15) is 37.8 Å². The number of nitrogens with zero attached hydrogens (tertiary/aromatic N) is 1. The van der Waals surface area contributed by atoms with Crippen molar-refractivity contribution < 1.29 is 27.4 Å². The minimum Gasteiger partial charge on any atom is -0.619 e. The first-order chi connectivity index (χ1) is 12.2. The summed E-state index contributed by atoms with van der Waals surface area (Å²) in [5, 5.41) is 11.8. The van der Waals surface area contributed by atoms with Crippen LogP contribution in [0.25, 0.3) is 11.1 Å². The highest BCUT2D eigenvalue weighted by Crippen LogP contribution is 2.41. The van der Waals surface area contributed by atoms with Crippen LogP contribution in [0.2, 0.25) is 0 Å². The number of alkyl halides is 3. The summed E-state index contributed by atoms with van der Waals surface area (Å²) < 4.78 is 50.7. The van der Waals surface area contributed by atoms with Crippen LogP contribution in [0.4, 0.5) is 13.2 Å². The second kappa shape index (κ2) is 7.85. The molecule has 0 aliphatic heterocycles. The van der Waals surface area contributed by atoms with Crippen LogP contribution < -0.4 is 14.2 Å². The van der Waals surface area contributed by atoms with Gasteiger partial charge in [0.1, 0.15) is 5.75 Å². The van der Waals surface area contributed by atoms with Crippen molar-refractivity contribution >= 4 is 0 Å². The fourth-order valence-electron chi connectivity index (χ4n) is 2.81. The molecule has 0 saturated heterocycles. The van der Waals surface area contributed by atoms with E-state index in [0.717, 1.165) is 25.0 Å². The SMILES string of the molecule is CCC(CC)Oc1c[n+]([O-])cc(C)c1-c1ccc(C(F)(F)F)cc1OC. The Bertz CT molecular complexity index is 771. The van der Waals surface area contributed by atoms with Crippen molar-refractivity contribution in [1.29, 1.82) is 0 Å². The van der Waals surface area contributed by atoms with Gasteiger partial charge in [0.25, 0.3) is 0 Å². The van der Waals surface area contributed by atoms with E-state index in [-0.39, 0.29) is 11.9 Å². The van der Waals surface area contributed by atoms with Crippen LogP contribution in [0.3, 0.4) is 0 Å². The Hall–Kier alpha value is -2.44. The first-order valence-electron chi connectivity index (χ1n) is 8.36. The summed E-state index contributed by atoms with van der Waals surface area (Å²) in [6, 6.07) is 3.29. The standard InChI is InChI=1S/C19H22F3NO3/c1-5-14(6-2)26-17-11-23(24)10-12(3)18(17)15-8-7-13(19(20,21)22)9-16(15)25-4/h7-11,14H,5-6H2,1-4H3. The molecule has 1 aromatic carbocycles. The average Bonchev–Trinajstić information content (AvgIpc) is 2.58. The minimum absolute atomic E-state index is 0.0703. The maximum absolute atomic E-state index is 13.0. The Morgan fingerprint density at radius 1 is 1.12 bits per heavy atom. The summed E-state index contributed by atoms with van der Waals surface area (Å²) in [6.07, 6.45) is -0.440. The summed E-state index contributed by atoms with van der Waals surface area (Å²) >= 11 is 0. The van der Waals surface area contributed by atoms with Gasteiger partial charge in [-0.2, -0.15) is 17.9 Å². The fourth-order valence-corrected chi connectivity index (χ4v) is 2.81. The number of aryl methyl sites for hydroxylation is 1. The van der Waals surface area contributed by atoms with Gasteiger partial charge < -0.3 is 14.7 Å². The third kappa shape index (κ3) is 4.20. The first kappa shape index (κ1) is 19.9. The van der Waals surface area contributed by atoms with E-state index in [1.807, 2.05) is 13.8 Å². The third-order valence-corrected chi connectivity index (χ3v) is 4.21. The Kier molecular flexibility index (Phi) is 6.00. The quantitative estimate of drug-likeness (QED) is 0.538. The lowest BCUT2D eigenvalue weighted by atomic mass is 9.98. The molecule has 0 unspecified atom stereocenters. The maximum Gasteiger partial charge on any atom is 0.416 e. The molecule has 0 fully saturated rings. The Morgan fingerprint density at radius 3 is 2.31 bits per heavy atom. The zero-order valence-corrected chi connectivity index (χ0v) is 15.2. The molecule has 0 aliphatic carbocycles. The van der Waals surface area contributed by atoms with Crippen molar-refractivity contribution in [3.8, 4) is 22.6 Å². The third-order valence-electron chi connectivity index (χ3n) is 4.21. The molecule has 1 aromatic heterocycles. The van der Waals surface area contributed by atoms with Crippen molar-refractivity contribution in [2.75, 3.05) is 7.11 Å². The lowest BCUT2D eigenvalue weighted by Crippen LogP contribution is -2.27. The van der Waals surface area contributed by atoms with E-state index in [4.69, 9.17) is 9.47 Å². The summed E-state index contributed by atoms with van der Waals surface area (Å²) in [7, 11) is 1.31. The van der Waals surface area contributed by atoms with Crippen molar-refractivity contribution in [2.45, 2.75) is 45.9 Å². The molecule has 0 bridgehead atoms. The molecular weight excluding hydrogens is 347 g/mol. The monoisotopic (exact) mass is 369 g/mol. The molecule has 2 aromatic rings. The van der Waals surface area contributed by atoms with Gasteiger partial charge in [-0.15, -0.1) is 0 Å². The van der Waals surface area contributed by atoms with E-state index in [2.05, 4.69) is 0 Å². The number of pyridine rings is 1. The van der Waals surface area contributed by atoms with Crippen LogP contribution >= 0.6 is 0 Å². The highest BCUT2D eigenvalue weighted by atomic mass is 19.4. The van der Waals surface area contributed by atoms with Crippen molar-refractivity contribution in [3.63, 3.8) is 0 Å². The number of hydrogen-bond acceptors (Lipinski definition) is 3. The van der Waals surface area contributed by atoms with Crippen LogP contribution in [0.5, 0.6) is 11.5 Å². The van der Waals surface area contributed by atoms with E-state index in [1.54, 1.807) is 6.92 Å². The van der Waals surface area contributed by atoms with E-state index >= 15 is 0 Å². The molecule has 4 nitrogen and oxygen atoms in total. The number of halogens is 3. The summed E-state index contributed by atoms with van der Waals surface area (Å²) in [6.45, 7) is 5.64. The van der Waals surface area contributed by atoms with E-state index in [0.29, 0.717) is 27.2 Å². The van der Waals surface area contributed by atoms with Crippen molar-refractivity contribution in [2.24, 2.45) is 0 Å². The maximum atomic E-state index is 13.0. The van der Waals surface area contributed by atoms with Gasteiger partial charge in [0.15, 0.2) is 11.9 Å². The Morgan fingerprint density at radius 2 is 1.77 bits per heavy atom. The lowest BCUT2D eigenvalue weighted by molar-refractivity contribution is -0.606. The van der Waals surface area contributed by atoms with E-state index in [9.17, 15) is 18.4 Å². The molecule has 26 heavy (non-hydrogen) atoms. The molecule has 0 amide bonds. The highest BCUT2D eigenvalue weighted by molar-refractivity contribution is 5.78. The molecule has 0 spiro atoms. The zero-order valence-electron chi connectivity index (χ0n) is 15.2. The van der Waals surface area contributed by atoms with Gasteiger partial charge in [-0.25, -0.2) is 0 Å². The zero-order chi connectivity index (χ0) is 19.5. The van der Waals surface area contributed by atoms with Gasteiger partial charge in [-0.1, -0.05) is 13.8 Å². The molecule has 2 rings (SSSR count). The van der Waals surface area contributed by atoms with Gasteiger partial charge in [0.05, 0.1) is 18.8 Å². The second-order valence-corrected chi connectivity index (χ2v) is 6.01. The molecule has 0 radical (unpaired) electrons. The average molecular weight is 369 g/mol. The van der Waals surface area contributed by atoms with Gasteiger partial charge in [-0.3, -0.25) is 0 Å². The molecule has 0 saturated carbocycles. The predicted molar refractivity (Wildman–Crippen MR) is 92.1 cm³/mol. The van der Waals surface area contributed by atoms with Crippen LogP contribution in [0, 0.1) is 12.1 Å². The first-order valence-corrected chi connectivity index (χ1v) is 8.36. The fraction of sp³-hybridized carbons (Fsp3) is 0.421. The molecule has 0 atom stereocenters. The summed E-state index contributed by atoms with van der Waals surface area (Å²) in [4.78, 5) is 0. The molecular formula is C19H22F3NO3. The smallest absolute Gasteiger partial charge is 0.416 e. The molecule has 142 valence electrons. The van der Waals surface area contributed by atoms with Gasteiger partial charge in [0, 0.05) is 16.7 Å². The Balaban J connectivity index is 2.64. The molecule has 1 heterocycles. The highest BCUT2D eigenvalue weighted by Gasteiger charge is 2.32. The minimum atomic E-state index is -4.47. The molecule has 0 aliphatic rings. The molecule has 0 N–H and O–H groups in total. The largest absolute Gasteiger partial charge is 0.619 e. The number of hydrogen-bond donors (Lipinski definition) is 0. The second-order valence-electron chi connectivity index (χ2n) is 6.01. The van der Waals surface area contributed by atoms with Crippen LogP contribution in [-0.4, -0.2) is 13.2 Å². The topological polar surface area (TPSA) is 45.4 Å². The number of benzene rings is 1. The van der Waals surface area contributed by atoms with Crippen LogP contribution in [0.15, 0.2) is 30.6 Å². The van der Waals surface area contributed by atoms with Gasteiger partial charge in [0.2, 0.25) is 6.20 Å². The normalized spacial score (nSPS) is 11.7. The number of ether oxygens (including phenoxy) is 2. The van der Waals surface area contributed by atoms with Crippen LogP contribution in [-0.2, 0) is 6.18 Å². The van der Waals surface area contributed by atoms with Gasteiger partial charge in [-0.05, 0) is 38.0 Å². The number of rotatable bonds is 6. The van der Waals surface area contributed by atoms with E-state index in [1.165, 1.54) is 25.6 Å². The summed E-state index contributed by atoms with van der Waals surface area (Å²) in [5.74, 6) is 0.396. The number of aromatic nitrogens is 1.